The molecule has 100 valence electrons. The maximum Gasteiger partial charge on any atom is 0.0634 e. The van der Waals surface area contributed by atoms with Crippen molar-refractivity contribution in [2.45, 2.75) is 25.3 Å². The van der Waals surface area contributed by atoms with Gasteiger partial charge in [-0.05, 0) is 37.1 Å². The summed E-state index contributed by atoms with van der Waals surface area (Å²) >= 11 is 6.17. The lowest BCUT2D eigenvalue weighted by Gasteiger charge is -2.32. The van der Waals surface area contributed by atoms with Crippen LogP contribution in [-0.2, 0) is 6.54 Å². The zero-order valence-electron chi connectivity index (χ0n) is 10.7. The quantitative estimate of drug-likeness (QED) is 0.938. The van der Waals surface area contributed by atoms with Crippen LogP contribution in [0.4, 0.5) is 0 Å². The van der Waals surface area contributed by atoms with Gasteiger partial charge in [0.05, 0.1) is 5.02 Å². The smallest absolute Gasteiger partial charge is 0.0634 e. The summed E-state index contributed by atoms with van der Waals surface area (Å²) in [4.78, 5) is 6.48. The summed E-state index contributed by atoms with van der Waals surface area (Å²) in [6, 6.07) is 4.08. The molecule has 0 spiro atoms. The molecule has 2 aromatic heterocycles. The second kappa shape index (κ2) is 5.72. The van der Waals surface area contributed by atoms with E-state index in [-0.39, 0.29) is 0 Å². The molecular weight excluding hydrogens is 260 g/mol. The van der Waals surface area contributed by atoms with Crippen LogP contribution in [0.2, 0.25) is 5.02 Å². The molecule has 19 heavy (non-hydrogen) atoms. The van der Waals surface area contributed by atoms with Gasteiger partial charge in [0.25, 0.3) is 0 Å². The maximum absolute atomic E-state index is 6.17. The fourth-order valence-electron chi connectivity index (χ4n) is 2.72. The Hall–Kier alpha value is -1.39. The van der Waals surface area contributed by atoms with Gasteiger partial charge in [0.15, 0.2) is 0 Å². The molecule has 1 saturated heterocycles. The van der Waals surface area contributed by atoms with Crippen molar-refractivity contribution in [3.8, 4) is 0 Å². The van der Waals surface area contributed by atoms with Gasteiger partial charge < -0.3 is 0 Å². The number of rotatable bonds is 3. The highest BCUT2D eigenvalue weighted by atomic mass is 35.5. The van der Waals surface area contributed by atoms with Gasteiger partial charge in [0.1, 0.15) is 0 Å². The highest BCUT2D eigenvalue weighted by Crippen LogP contribution is 2.27. The Morgan fingerprint density at radius 2 is 2.32 bits per heavy atom. The van der Waals surface area contributed by atoms with Crippen LogP contribution >= 0.6 is 11.6 Å². The van der Waals surface area contributed by atoms with Gasteiger partial charge in [-0.2, -0.15) is 5.10 Å². The fraction of sp³-hybridized carbons (Fsp3) is 0.429. The third kappa shape index (κ3) is 2.96. The summed E-state index contributed by atoms with van der Waals surface area (Å²) in [5, 5.41) is 7.89. The van der Waals surface area contributed by atoms with Crippen LogP contribution in [-0.4, -0.2) is 33.2 Å². The van der Waals surface area contributed by atoms with Gasteiger partial charge >= 0.3 is 0 Å². The average Bonchev–Trinajstić information content (AvgIpc) is 2.96. The SMILES string of the molecule is Clc1cnccc1CN1CCC[C@H](c2ccn[nH]2)C1. The third-order valence-corrected chi connectivity index (χ3v) is 4.06. The number of hydrogen-bond acceptors (Lipinski definition) is 3. The minimum Gasteiger partial charge on any atom is -0.298 e. The van der Waals surface area contributed by atoms with Crippen LogP contribution < -0.4 is 0 Å². The van der Waals surface area contributed by atoms with Gasteiger partial charge in [0.2, 0.25) is 0 Å². The number of H-pyrrole nitrogens is 1. The number of likely N-dealkylation sites (tertiary alicyclic amines) is 1. The first-order chi connectivity index (χ1) is 9.33. The van der Waals surface area contributed by atoms with Crippen molar-refractivity contribution in [3.05, 3.63) is 47.0 Å². The molecule has 0 amide bonds. The van der Waals surface area contributed by atoms with Crippen LogP contribution in [0, 0.1) is 0 Å². The van der Waals surface area contributed by atoms with Crippen molar-refractivity contribution in [1.82, 2.24) is 20.1 Å². The molecule has 4 nitrogen and oxygen atoms in total. The monoisotopic (exact) mass is 276 g/mol. The maximum atomic E-state index is 6.17. The van der Waals surface area contributed by atoms with Crippen LogP contribution in [0.15, 0.2) is 30.7 Å². The van der Waals surface area contributed by atoms with Crippen molar-refractivity contribution >= 4 is 11.6 Å². The standard InChI is InChI=1S/C14H17ClN4/c15-13-8-16-5-3-11(13)9-19-7-1-2-12(10-19)14-4-6-17-18-14/h3-6,8,12H,1-2,7,9-10H2,(H,17,18)/t12-/m0/s1. The Kier molecular flexibility index (Phi) is 3.80. The first kappa shape index (κ1) is 12.6. The Morgan fingerprint density at radius 3 is 3.11 bits per heavy atom. The average molecular weight is 277 g/mol. The second-order valence-corrected chi connectivity index (χ2v) is 5.46. The second-order valence-electron chi connectivity index (χ2n) is 5.05. The lowest BCUT2D eigenvalue weighted by Crippen LogP contribution is -2.34. The van der Waals surface area contributed by atoms with E-state index >= 15 is 0 Å². The molecule has 0 radical (unpaired) electrons. The molecule has 0 bridgehead atoms. The molecule has 1 aliphatic heterocycles. The van der Waals surface area contributed by atoms with E-state index in [9.17, 15) is 0 Å². The Bertz CT molecular complexity index is 526. The summed E-state index contributed by atoms with van der Waals surface area (Å²) in [6.45, 7) is 3.08. The zero-order chi connectivity index (χ0) is 13.1. The molecule has 0 aliphatic carbocycles. The third-order valence-electron chi connectivity index (χ3n) is 3.72. The van der Waals surface area contributed by atoms with Crippen molar-refractivity contribution in [1.29, 1.82) is 0 Å². The topological polar surface area (TPSA) is 44.8 Å². The number of halogens is 1. The Labute approximate surface area is 117 Å². The molecule has 2 aromatic rings. The predicted octanol–water partition coefficient (Wildman–Crippen LogP) is 2.84. The van der Waals surface area contributed by atoms with Gasteiger partial charge in [-0.15, -0.1) is 0 Å². The molecule has 0 saturated carbocycles. The van der Waals surface area contributed by atoms with Crippen molar-refractivity contribution in [3.63, 3.8) is 0 Å². The summed E-state index contributed by atoms with van der Waals surface area (Å²) in [7, 11) is 0. The van der Waals surface area contributed by atoms with Gasteiger partial charge in [-0.25, -0.2) is 0 Å². The van der Waals surface area contributed by atoms with Crippen molar-refractivity contribution in [2.24, 2.45) is 0 Å². The number of pyridine rings is 1. The molecule has 3 heterocycles. The summed E-state index contributed by atoms with van der Waals surface area (Å²) < 4.78 is 0. The zero-order valence-corrected chi connectivity index (χ0v) is 11.5. The van der Waals surface area contributed by atoms with Crippen LogP contribution in [0.25, 0.3) is 0 Å². The molecule has 3 rings (SSSR count). The summed E-state index contributed by atoms with van der Waals surface area (Å²) in [6.07, 6.45) is 7.79. The van der Waals surface area contributed by atoms with Gasteiger partial charge in [-0.3, -0.25) is 15.0 Å². The van der Waals surface area contributed by atoms with E-state index in [2.05, 4.69) is 26.1 Å². The number of hydrogen-bond donors (Lipinski definition) is 1. The molecule has 1 fully saturated rings. The van der Waals surface area contributed by atoms with E-state index in [0.29, 0.717) is 5.92 Å². The number of aromatic amines is 1. The molecule has 5 heteroatoms. The van der Waals surface area contributed by atoms with Crippen LogP contribution in [0.5, 0.6) is 0 Å². The van der Waals surface area contributed by atoms with E-state index in [4.69, 9.17) is 11.6 Å². The fourth-order valence-corrected chi connectivity index (χ4v) is 2.90. The van der Waals surface area contributed by atoms with Gasteiger partial charge in [0, 0.05) is 43.3 Å². The van der Waals surface area contributed by atoms with Crippen LogP contribution in [0.1, 0.15) is 30.0 Å². The van der Waals surface area contributed by atoms with Crippen LogP contribution in [0.3, 0.4) is 0 Å². The number of nitrogens with zero attached hydrogens (tertiary/aromatic N) is 3. The van der Waals surface area contributed by atoms with E-state index in [1.807, 2.05) is 12.3 Å². The minimum atomic E-state index is 0.553. The molecule has 1 N–H and O–H groups in total. The Morgan fingerprint density at radius 1 is 1.37 bits per heavy atom. The van der Waals surface area contributed by atoms with E-state index in [0.717, 1.165) is 30.2 Å². The number of piperidine rings is 1. The van der Waals surface area contributed by atoms with E-state index < -0.39 is 0 Å². The molecule has 1 aliphatic rings. The van der Waals surface area contributed by atoms with Crippen molar-refractivity contribution in [2.75, 3.05) is 13.1 Å². The largest absolute Gasteiger partial charge is 0.298 e. The summed E-state index contributed by atoms with van der Waals surface area (Å²) in [5.74, 6) is 0.553. The van der Waals surface area contributed by atoms with Gasteiger partial charge in [-0.1, -0.05) is 11.6 Å². The first-order valence-electron chi connectivity index (χ1n) is 6.63. The highest BCUT2D eigenvalue weighted by molar-refractivity contribution is 6.31. The molecule has 0 aromatic carbocycles. The molecule has 1 atom stereocenters. The number of aromatic nitrogens is 3. The minimum absolute atomic E-state index is 0.553. The predicted molar refractivity (Wildman–Crippen MR) is 75.1 cm³/mol. The number of nitrogens with one attached hydrogen (secondary N) is 1. The first-order valence-corrected chi connectivity index (χ1v) is 7.01. The normalized spacial score (nSPS) is 20.6. The molecular formula is C14H17ClN4. The van der Waals surface area contributed by atoms with Crippen molar-refractivity contribution < 1.29 is 0 Å². The van der Waals surface area contributed by atoms with E-state index in [1.165, 1.54) is 18.5 Å². The lowest BCUT2D eigenvalue weighted by molar-refractivity contribution is 0.198. The molecule has 0 unspecified atom stereocenters. The van der Waals surface area contributed by atoms with E-state index in [1.54, 1.807) is 12.4 Å². The Balaban J connectivity index is 1.67. The highest BCUT2D eigenvalue weighted by Gasteiger charge is 2.22. The summed E-state index contributed by atoms with van der Waals surface area (Å²) in [5.41, 5.74) is 2.40. The lowest BCUT2D eigenvalue weighted by atomic mass is 9.94.